The van der Waals surface area contributed by atoms with Crippen LogP contribution in [0, 0.1) is 12.1 Å². The second kappa shape index (κ2) is 20.0. The first-order chi connectivity index (χ1) is 27.4. The summed E-state index contributed by atoms with van der Waals surface area (Å²) in [6.45, 7) is 13.9. The normalized spacial score (nSPS) is 12.2. The van der Waals surface area contributed by atoms with Gasteiger partial charge in [-0.05, 0) is 39.5 Å². The first kappa shape index (κ1) is 46.0. The van der Waals surface area contributed by atoms with Crippen molar-refractivity contribution < 1.29 is 49.0 Å². The quantitative estimate of drug-likeness (QED) is 0.155. The Morgan fingerprint density at radius 1 is 0.610 bits per heavy atom. The van der Waals surface area contributed by atoms with E-state index >= 15 is 0 Å². The fourth-order valence-electron chi connectivity index (χ4n) is 7.66. The zero-order valence-electron chi connectivity index (χ0n) is 34.6. The number of fused-ring (bicyclic) bond motifs is 4. The topological polar surface area (TPSA) is 0 Å². The molecule has 0 N–H and O–H groups in total. The molecule has 2 aliphatic carbocycles. The molecule has 0 saturated heterocycles. The van der Waals surface area contributed by atoms with Crippen molar-refractivity contribution in [3.8, 4) is 33.4 Å². The van der Waals surface area contributed by atoms with Crippen molar-refractivity contribution >= 4 is 25.6 Å². The van der Waals surface area contributed by atoms with Crippen LogP contribution in [0.3, 0.4) is 0 Å². The fraction of sp³-hybridized carbons (Fsp3) is 0.182. The predicted molar refractivity (Wildman–Crippen MR) is 242 cm³/mol. The van der Waals surface area contributed by atoms with Crippen LogP contribution in [-0.2, 0) is 41.5 Å². The molecule has 0 bridgehead atoms. The SMILES string of the molecule is CC(C)(C)c1cc2c([c-]c1-c1ccccc1)Cc1cc(-c3ccccc3)c(C(C)(C)C)cc1-2.Clc1ccc([C](=[Zr+2])c2cccc3ccccc23)cc1.[C-]1=CC=CC1.[Cl-].[Cl-]. The van der Waals surface area contributed by atoms with Crippen LogP contribution in [0.15, 0.2) is 164 Å². The smallest absolute Gasteiger partial charge is 0.109 e. The third-order valence-electron chi connectivity index (χ3n) is 10.6. The minimum absolute atomic E-state index is 0. The van der Waals surface area contributed by atoms with E-state index < -0.39 is 0 Å². The predicted octanol–water partition coefficient (Wildman–Crippen LogP) is 8.91. The van der Waals surface area contributed by atoms with Crippen LogP contribution >= 0.6 is 11.6 Å². The zero-order chi connectivity index (χ0) is 40.2. The summed E-state index contributed by atoms with van der Waals surface area (Å²) < 4.78 is 1.36. The van der Waals surface area contributed by atoms with Gasteiger partial charge in [0.15, 0.2) is 0 Å². The maximum atomic E-state index is 5.96. The Labute approximate surface area is 384 Å². The van der Waals surface area contributed by atoms with Gasteiger partial charge in [0.2, 0.25) is 0 Å². The molecule has 0 nitrogen and oxygen atoms in total. The van der Waals surface area contributed by atoms with E-state index in [9.17, 15) is 0 Å². The number of hydrogen-bond donors (Lipinski definition) is 0. The average Bonchev–Trinajstić information content (AvgIpc) is 3.92. The summed E-state index contributed by atoms with van der Waals surface area (Å²) in [5, 5.41) is 3.38. The van der Waals surface area contributed by atoms with E-state index in [1.165, 1.54) is 105 Å². The summed E-state index contributed by atoms with van der Waals surface area (Å²) in [6.07, 6.45) is 10.9. The number of allylic oxidation sites excluding steroid dienone is 4. The summed E-state index contributed by atoms with van der Waals surface area (Å²) in [4.78, 5) is 0. The van der Waals surface area contributed by atoms with Gasteiger partial charge in [-0.1, -0.05) is 131 Å². The molecule has 7 aromatic rings. The van der Waals surface area contributed by atoms with Gasteiger partial charge >= 0.3 is 133 Å². The maximum Gasteiger partial charge on any atom is -0.109 e. The number of halogens is 3. The van der Waals surface area contributed by atoms with Crippen LogP contribution in [0.4, 0.5) is 0 Å². The molecule has 0 fully saturated rings. The molecule has 0 amide bonds. The minimum Gasteiger partial charge on any atom is -1.00 e. The number of benzene rings is 7. The fourth-order valence-corrected chi connectivity index (χ4v) is 8.73. The summed E-state index contributed by atoms with van der Waals surface area (Å²) in [7, 11) is 0. The first-order valence-corrected chi connectivity index (χ1v) is 21.4. The molecule has 4 heteroatoms. The van der Waals surface area contributed by atoms with E-state index in [0.717, 1.165) is 17.9 Å². The largest absolute Gasteiger partial charge is 1.00 e. The van der Waals surface area contributed by atoms with Crippen molar-refractivity contribution in [1.82, 2.24) is 0 Å². The van der Waals surface area contributed by atoms with Crippen LogP contribution < -0.4 is 24.8 Å². The van der Waals surface area contributed by atoms with Gasteiger partial charge in [0, 0.05) is 0 Å². The van der Waals surface area contributed by atoms with E-state index in [4.69, 9.17) is 11.6 Å². The van der Waals surface area contributed by atoms with Gasteiger partial charge in [0.25, 0.3) is 0 Å². The van der Waals surface area contributed by atoms with Crippen molar-refractivity contribution in [3.63, 3.8) is 0 Å². The molecule has 59 heavy (non-hydrogen) atoms. The molecule has 2 aliphatic rings. The third kappa shape index (κ3) is 10.8. The van der Waals surface area contributed by atoms with Gasteiger partial charge < -0.3 is 24.8 Å². The molecule has 0 aliphatic heterocycles. The molecule has 0 saturated carbocycles. The minimum atomic E-state index is 0. The second-order valence-corrected chi connectivity index (χ2v) is 18.5. The van der Waals surface area contributed by atoms with Gasteiger partial charge in [-0.15, -0.1) is 35.2 Å². The summed E-state index contributed by atoms with van der Waals surface area (Å²) in [6, 6.07) is 55.9. The van der Waals surface area contributed by atoms with Crippen molar-refractivity contribution in [2.24, 2.45) is 0 Å². The molecule has 0 radical (unpaired) electrons. The molecule has 7 aromatic carbocycles. The Kier molecular flexibility index (Phi) is 15.6. The van der Waals surface area contributed by atoms with Gasteiger partial charge in [0.1, 0.15) is 0 Å². The van der Waals surface area contributed by atoms with Crippen molar-refractivity contribution in [3.05, 3.63) is 214 Å². The van der Waals surface area contributed by atoms with E-state index in [1.54, 1.807) is 0 Å². The zero-order valence-corrected chi connectivity index (χ0v) is 39.4. The standard InChI is InChI=1S/C33H33.C17H11Cl.C5H5.2ClH.Zr/c1-32(2,3)30-20-26-24(18-28(30)22-13-9-7-10-14-22)17-25-19-29(23-15-11-8-12-16-23)31(21-27(25)26)33(4,5)6;18-16-10-8-13(9-11-16)12-15-6-3-5-14-4-1-2-7-17(14)15;1-2-4-5-3-1;;;/h7-16,18,20-21H,17H2,1-6H3;1-11H;1-3H,4H2;2*1H;/q-1;;-1;;;+2/p-2. The Morgan fingerprint density at radius 2 is 1.20 bits per heavy atom. The molecule has 296 valence electrons. The van der Waals surface area contributed by atoms with E-state index in [0.29, 0.717) is 0 Å². The molecule has 0 heterocycles. The van der Waals surface area contributed by atoms with Crippen molar-refractivity contribution in [2.75, 3.05) is 0 Å². The second-order valence-electron chi connectivity index (χ2n) is 16.8. The van der Waals surface area contributed by atoms with Crippen molar-refractivity contribution in [2.45, 2.75) is 65.2 Å². The third-order valence-corrected chi connectivity index (χ3v) is 12.2. The van der Waals surface area contributed by atoms with Gasteiger partial charge in [-0.2, -0.15) is 6.08 Å². The Bertz CT molecular complexity index is 2470. The van der Waals surface area contributed by atoms with Crippen LogP contribution in [0.2, 0.25) is 5.02 Å². The first-order valence-electron chi connectivity index (χ1n) is 19.8. The molecular weight excluding hydrogens is 858 g/mol. The molecule has 0 atom stereocenters. The Morgan fingerprint density at radius 3 is 1.80 bits per heavy atom. The average molecular weight is 908 g/mol. The van der Waals surface area contributed by atoms with Gasteiger partial charge in [0.05, 0.1) is 0 Å². The molecule has 9 rings (SSSR count). The van der Waals surface area contributed by atoms with E-state index in [1.807, 2.05) is 24.3 Å². The molecule has 0 spiro atoms. The maximum absolute atomic E-state index is 5.96. The van der Waals surface area contributed by atoms with Crippen LogP contribution in [0.1, 0.15) is 81.3 Å². The Balaban J connectivity index is 0.000000214. The molecular formula is C55H49Cl3Zr-2. The van der Waals surface area contributed by atoms with Crippen molar-refractivity contribution in [1.29, 1.82) is 0 Å². The van der Waals surface area contributed by atoms with Crippen LogP contribution in [0.25, 0.3) is 44.2 Å². The van der Waals surface area contributed by atoms with E-state index in [2.05, 4.69) is 193 Å². The summed E-state index contributed by atoms with van der Waals surface area (Å²) in [5.41, 5.74) is 16.1. The van der Waals surface area contributed by atoms with Gasteiger partial charge in [-0.25, -0.2) is 12.2 Å². The number of hydrogen-bond acceptors (Lipinski definition) is 0. The number of rotatable bonds is 4. The summed E-state index contributed by atoms with van der Waals surface area (Å²) in [5.74, 6) is 0. The summed E-state index contributed by atoms with van der Waals surface area (Å²) >= 11 is 7.37. The molecule has 0 unspecified atom stereocenters. The van der Waals surface area contributed by atoms with Crippen LogP contribution in [-0.4, -0.2) is 3.21 Å². The monoisotopic (exact) mass is 904 g/mol. The van der Waals surface area contributed by atoms with Gasteiger partial charge in [-0.3, -0.25) is 6.08 Å². The van der Waals surface area contributed by atoms with Crippen LogP contribution in [0.5, 0.6) is 0 Å². The molecule has 0 aromatic heterocycles. The van der Waals surface area contributed by atoms with E-state index in [-0.39, 0.29) is 35.6 Å². The Hall–Kier alpha value is -4.10.